The summed E-state index contributed by atoms with van der Waals surface area (Å²) in [5, 5.41) is 2.32. The van der Waals surface area contributed by atoms with Crippen molar-refractivity contribution in [2.75, 3.05) is 13.7 Å². The molecule has 1 saturated heterocycles. The SMILES string of the molecule is CNC(=O)COC(=O)[C@H](C)N1C(=O)[C@H]2CCCC[C@@H]2C1=O. The highest BCUT2D eigenvalue weighted by molar-refractivity contribution is 6.07. The van der Waals surface area contributed by atoms with Gasteiger partial charge in [-0.25, -0.2) is 4.79 Å². The molecule has 7 nitrogen and oxygen atoms in total. The summed E-state index contributed by atoms with van der Waals surface area (Å²) in [6.07, 6.45) is 3.27. The highest BCUT2D eigenvalue weighted by Gasteiger charge is 2.51. The van der Waals surface area contributed by atoms with Crippen molar-refractivity contribution in [2.24, 2.45) is 11.8 Å². The van der Waals surface area contributed by atoms with Crippen LogP contribution in [-0.2, 0) is 23.9 Å². The van der Waals surface area contributed by atoms with Gasteiger partial charge < -0.3 is 10.1 Å². The second-order valence-corrected chi connectivity index (χ2v) is 5.50. The lowest BCUT2D eigenvalue weighted by atomic mass is 9.81. The largest absolute Gasteiger partial charge is 0.454 e. The first-order chi connectivity index (χ1) is 9.97. The van der Waals surface area contributed by atoms with Crippen LogP contribution in [0.25, 0.3) is 0 Å². The van der Waals surface area contributed by atoms with E-state index in [4.69, 9.17) is 4.74 Å². The number of imide groups is 1. The molecule has 2 fully saturated rings. The van der Waals surface area contributed by atoms with Crippen LogP contribution in [-0.4, -0.2) is 48.3 Å². The van der Waals surface area contributed by atoms with Crippen LogP contribution in [0.1, 0.15) is 32.6 Å². The number of rotatable bonds is 4. The summed E-state index contributed by atoms with van der Waals surface area (Å²) in [6, 6.07) is -0.986. The standard InChI is InChI=1S/C14H20N2O5/c1-8(14(20)21-7-11(17)15-2)16-12(18)9-5-3-4-6-10(9)13(16)19/h8-10H,3-7H2,1-2H3,(H,15,17)/t8-,9-,10-/m0/s1. The number of likely N-dealkylation sites (tertiary alicyclic amines) is 1. The van der Waals surface area contributed by atoms with Crippen molar-refractivity contribution in [3.05, 3.63) is 0 Å². The molecule has 1 saturated carbocycles. The van der Waals surface area contributed by atoms with Crippen LogP contribution >= 0.6 is 0 Å². The maximum absolute atomic E-state index is 12.3. The topological polar surface area (TPSA) is 92.8 Å². The number of ether oxygens (including phenoxy) is 1. The number of hydrogen-bond donors (Lipinski definition) is 1. The van der Waals surface area contributed by atoms with Gasteiger partial charge in [0, 0.05) is 7.05 Å². The van der Waals surface area contributed by atoms with Crippen molar-refractivity contribution in [3.8, 4) is 0 Å². The number of nitrogens with zero attached hydrogens (tertiary/aromatic N) is 1. The number of fused-ring (bicyclic) bond motifs is 1. The van der Waals surface area contributed by atoms with Gasteiger partial charge in [0.2, 0.25) is 11.8 Å². The average molecular weight is 296 g/mol. The molecule has 2 rings (SSSR count). The molecule has 0 unspecified atom stereocenters. The van der Waals surface area contributed by atoms with Crippen LogP contribution < -0.4 is 5.32 Å². The number of esters is 1. The van der Waals surface area contributed by atoms with Crippen LogP contribution in [0.5, 0.6) is 0 Å². The minimum atomic E-state index is -0.986. The average Bonchev–Trinajstić information content (AvgIpc) is 2.76. The highest BCUT2D eigenvalue weighted by Crippen LogP contribution is 2.38. The van der Waals surface area contributed by atoms with Crippen molar-refractivity contribution in [1.82, 2.24) is 10.2 Å². The molecule has 3 atom stereocenters. The first kappa shape index (κ1) is 15.5. The Balaban J connectivity index is 2.03. The van der Waals surface area contributed by atoms with E-state index in [0.717, 1.165) is 17.7 Å². The van der Waals surface area contributed by atoms with Crippen molar-refractivity contribution < 1.29 is 23.9 Å². The number of amides is 3. The zero-order valence-corrected chi connectivity index (χ0v) is 12.3. The molecule has 0 radical (unpaired) electrons. The van der Waals surface area contributed by atoms with E-state index in [2.05, 4.69) is 5.32 Å². The minimum absolute atomic E-state index is 0.283. The van der Waals surface area contributed by atoms with Gasteiger partial charge in [0.05, 0.1) is 11.8 Å². The fourth-order valence-electron chi connectivity index (χ4n) is 3.00. The van der Waals surface area contributed by atoms with E-state index in [1.54, 1.807) is 0 Å². The van der Waals surface area contributed by atoms with E-state index in [1.165, 1.54) is 14.0 Å². The first-order valence-electron chi connectivity index (χ1n) is 7.21. The van der Waals surface area contributed by atoms with E-state index >= 15 is 0 Å². The summed E-state index contributed by atoms with van der Waals surface area (Å²) >= 11 is 0. The predicted molar refractivity (Wildman–Crippen MR) is 71.8 cm³/mol. The van der Waals surface area contributed by atoms with Crippen molar-refractivity contribution >= 4 is 23.7 Å². The van der Waals surface area contributed by atoms with E-state index < -0.39 is 24.5 Å². The Hall–Kier alpha value is -1.92. The lowest BCUT2D eigenvalue weighted by molar-refractivity contribution is -0.159. The fourth-order valence-corrected chi connectivity index (χ4v) is 3.00. The number of likely N-dealkylation sites (N-methyl/N-ethyl adjacent to an activating group) is 1. The first-order valence-corrected chi connectivity index (χ1v) is 7.21. The second kappa shape index (κ2) is 6.24. The summed E-state index contributed by atoms with van der Waals surface area (Å²) in [7, 11) is 1.43. The lowest BCUT2D eigenvalue weighted by Gasteiger charge is -2.21. The van der Waals surface area contributed by atoms with Gasteiger partial charge in [-0.1, -0.05) is 12.8 Å². The van der Waals surface area contributed by atoms with E-state index in [1.807, 2.05) is 0 Å². The maximum atomic E-state index is 12.3. The monoisotopic (exact) mass is 296 g/mol. The van der Waals surface area contributed by atoms with Crippen LogP contribution in [0.4, 0.5) is 0 Å². The van der Waals surface area contributed by atoms with Crippen molar-refractivity contribution in [2.45, 2.75) is 38.6 Å². The van der Waals surface area contributed by atoms with Crippen molar-refractivity contribution in [3.63, 3.8) is 0 Å². The number of carbonyl (C=O) groups excluding carboxylic acids is 4. The zero-order chi connectivity index (χ0) is 15.6. The third kappa shape index (κ3) is 2.91. The summed E-state index contributed by atoms with van der Waals surface area (Å²) in [5.41, 5.74) is 0. The Kier molecular flexibility index (Phi) is 4.59. The summed E-state index contributed by atoms with van der Waals surface area (Å²) in [5.74, 6) is -2.33. The van der Waals surface area contributed by atoms with Gasteiger partial charge in [0.1, 0.15) is 6.04 Å². The zero-order valence-electron chi connectivity index (χ0n) is 12.3. The molecule has 1 heterocycles. The smallest absolute Gasteiger partial charge is 0.329 e. The normalized spacial score (nSPS) is 26.3. The third-order valence-corrected chi connectivity index (χ3v) is 4.23. The van der Waals surface area contributed by atoms with Gasteiger partial charge in [-0.2, -0.15) is 0 Å². The van der Waals surface area contributed by atoms with Crippen LogP contribution in [0, 0.1) is 11.8 Å². The Bertz CT molecular complexity index is 452. The molecule has 0 spiro atoms. The molecule has 7 heteroatoms. The minimum Gasteiger partial charge on any atom is -0.454 e. The second-order valence-electron chi connectivity index (χ2n) is 5.50. The van der Waals surface area contributed by atoms with E-state index in [9.17, 15) is 19.2 Å². The molecule has 116 valence electrons. The van der Waals surface area contributed by atoms with Gasteiger partial charge in [-0.3, -0.25) is 19.3 Å². The van der Waals surface area contributed by atoms with Crippen LogP contribution in [0.3, 0.4) is 0 Å². The third-order valence-electron chi connectivity index (χ3n) is 4.23. The number of nitrogens with one attached hydrogen (secondary N) is 1. The van der Waals surface area contributed by atoms with Gasteiger partial charge >= 0.3 is 5.97 Å². The maximum Gasteiger partial charge on any atom is 0.329 e. The molecule has 0 aromatic carbocycles. The molecule has 0 aromatic heterocycles. The van der Waals surface area contributed by atoms with E-state index in [-0.39, 0.29) is 23.7 Å². The molecule has 1 aliphatic heterocycles. The fraction of sp³-hybridized carbons (Fsp3) is 0.714. The molecular formula is C14H20N2O5. The molecule has 1 aliphatic carbocycles. The molecular weight excluding hydrogens is 276 g/mol. The quantitative estimate of drug-likeness (QED) is 0.575. The molecule has 0 aromatic rings. The Morgan fingerprint density at radius 3 is 2.24 bits per heavy atom. The van der Waals surface area contributed by atoms with Gasteiger partial charge in [-0.15, -0.1) is 0 Å². The summed E-state index contributed by atoms with van der Waals surface area (Å²) < 4.78 is 4.82. The Morgan fingerprint density at radius 2 is 1.76 bits per heavy atom. The Labute approximate surface area is 123 Å². The summed E-state index contributed by atoms with van der Waals surface area (Å²) in [6.45, 7) is 1.04. The molecule has 21 heavy (non-hydrogen) atoms. The molecule has 1 N–H and O–H groups in total. The highest BCUT2D eigenvalue weighted by atomic mass is 16.5. The van der Waals surface area contributed by atoms with Gasteiger partial charge in [0.25, 0.3) is 5.91 Å². The molecule has 0 bridgehead atoms. The van der Waals surface area contributed by atoms with Gasteiger partial charge in [-0.05, 0) is 19.8 Å². The number of carbonyl (C=O) groups is 4. The molecule has 2 aliphatic rings. The number of hydrogen-bond acceptors (Lipinski definition) is 5. The van der Waals surface area contributed by atoms with Crippen molar-refractivity contribution in [1.29, 1.82) is 0 Å². The van der Waals surface area contributed by atoms with E-state index in [0.29, 0.717) is 12.8 Å². The Morgan fingerprint density at radius 1 is 1.24 bits per heavy atom. The van der Waals surface area contributed by atoms with Crippen LogP contribution in [0.15, 0.2) is 0 Å². The van der Waals surface area contributed by atoms with Crippen LogP contribution in [0.2, 0.25) is 0 Å². The molecule has 3 amide bonds. The predicted octanol–water partition coefficient (Wildman–Crippen LogP) is -0.161. The van der Waals surface area contributed by atoms with Gasteiger partial charge in [0.15, 0.2) is 6.61 Å². The summed E-state index contributed by atoms with van der Waals surface area (Å²) in [4.78, 5) is 48.6. The lowest BCUT2D eigenvalue weighted by Crippen LogP contribution is -2.45.